The van der Waals surface area contributed by atoms with Crippen LogP contribution in [0.3, 0.4) is 0 Å². The van der Waals surface area contributed by atoms with E-state index in [2.05, 4.69) is 25.5 Å². The smallest absolute Gasteiger partial charge is 0.0791 e. The van der Waals surface area contributed by atoms with Crippen molar-refractivity contribution >= 4 is 50.6 Å². The molecule has 1 aromatic rings. The SMILES string of the molecule is CC(C)(SS)SC(=S)c1ccccc1. The van der Waals surface area contributed by atoms with Gasteiger partial charge in [-0.05, 0) is 19.4 Å². The lowest BCUT2D eigenvalue weighted by Crippen LogP contribution is -2.10. The summed E-state index contributed by atoms with van der Waals surface area (Å²) in [6, 6.07) is 10.1. The first kappa shape index (κ1) is 12.4. The molecule has 0 bridgehead atoms. The molecule has 0 spiro atoms. The normalized spacial score (nSPS) is 11.4. The maximum atomic E-state index is 5.35. The Balaban J connectivity index is 2.69. The molecule has 14 heavy (non-hydrogen) atoms. The zero-order valence-corrected chi connectivity index (χ0v) is 11.4. The van der Waals surface area contributed by atoms with Gasteiger partial charge >= 0.3 is 0 Å². The summed E-state index contributed by atoms with van der Waals surface area (Å²) < 4.78 is 0.952. The largest absolute Gasteiger partial charge is 0.110 e. The van der Waals surface area contributed by atoms with E-state index in [-0.39, 0.29) is 4.08 Å². The summed E-state index contributed by atoms with van der Waals surface area (Å²) in [6.07, 6.45) is 0. The average Bonchev–Trinajstić information content (AvgIpc) is 2.19. The third kappa shape index (κ3) is 3.85. The van der Waals surface area contributed by atoms with Crippen LogP contribution in [0.1, 0.15) is 19.4 Å². The Morgan fingerprint density at radius 3 is 2.36 bits per heavy atom. The van der Waals surface area contributed by atoms with E-state index >= 15 is 0 Å². The minimum absolute atomic E-state index is 0.0238. The summed E-state index contributed by atoms with van der Waals surface area (Å²) in [7, 11) is 1.52. The van der Waals surface area contributed by atoms with Crippen molar-refractivity contribution in [1.82, 2.24) is 0 Å². The van der Waals surface area contributed by atoms with Crippen molar-refractivity contribution in [2.75, 3.05) is 0 Å². The highest BCUT2D eigenvalue weighted by Crippen LogP contribution is 2.40. The molecule has 0 saturated heterocycles. The number of thiocarbonyl (C=S) groups is 1. The third-order valence-corrected chi connectivity index (χ3v) is 5.65. The molecule has 0 atom stereocenters. The number of hydrogen-bond donors (Lipinski definition) is 1. The fourth-order valence-electron chi connectivity index (χ4n) is 0.875. The maximum Gasteiger partial charge on any atom is 0.0791 e. The van der Waals surface area contributed by atoms with Gasteiger partial charge in [-0.3, -0.25) is 0 Å². The lowest BCUT2D eigenvalue weighted by Gasteiger charge is -2.20. The second-order valence-corrected chi connectivity index (χ2v) is 7.56. The maximum absolute atomic E-state index is 5.35. The van der Waals surface area contributed by atoms with Crippen molar-refractivity contribution < 1.29 is 0 Å². The van der Waals surface area contributed by atoms with E-state index in [9.17, 15) is 0 Å². The lowest BCUT2D eigenvalue weighted by atomic mass is 10.2. The van der Waals surface area contributed by atoms with Gasteiger partial charge in [0.25, 0.3) is 0 Å². The molecule has 0 saturated carbocycles. The Hall–Kier alpha value is 0.360. The van der Waals surface area contributed by atoms with Gasteiger partial charge in [0.05, 0.1) is 8.28 Å². The molecule has 1 rings (SSSR count). The molecular formula is C10H12S4. The molecule has 76 valence electrons. The topological polar surface area (TPSA) is 0 Å². The van der Waals surface area contributed by atoms with Gasteiger partial charge in [-0.25, -0.2) is 0 Å². The zero-order valence-electron chi connectivity index (χ0n) is 8.06. The summed E-state index contributed by atoms with van der Waals surface area (Å²) in [5, 5.41) is 0. The first-order valence-corrected chi connectivity index (χ1v) is 7.25. The molecule has 0 aliphatic rings. The second kappa shape index (κ2) is 5.45. The van der Waals surface area contributed by atoms with Crippen LogP contribution < -0.4 is 0 Å². The number of thiol groups is 1. The number of rotatable bonds is 3. The van der Waals surface area contributed by atoms with Gasteiger partial charge in [-0.15, -0.1) is 11.7 Å². The van der Waals surface area contributed by atoms with Crippen LogP contribution in [0, 0.1) is 0 Å². The van der Waals surface area contributed by atoms with Crippen molar-refractivity contribution in [1.29, 1.82) is 0 Å². The van der Waals surface area contributed by atoms with Gasteiger partial charge in [0.2, 0.25) is 0 Å². The van der Waals surface area contributed by atoms with Crippen LogP contribution in [0.15, 0.2) is 30.3 Å². The molecule has 0 N–H and O–H groups in total. The van der Waals surface area contributed by atoms with Gasteiger partial charge in [0, 0.05) is 0 Å². The fourth-order valence-corrected chi connectivity index (χ4v) is 3.23. The van der Waals surface area contributed by atoms with Crippen molar-refractivity contribution in [2.45, 2.75) is 17.9 Å². The monoisotopic (exact) mass is 260 g/mol. The fraction of sp³-hybridized carbons (Fsp3) is 0.300. The summed E-state index contributed by atoms with van der Waals surface area (Å²) in [4.78, 5) is 0. The summed E-state index contributed by atoms with van der Waals surface area (Å²) >= 11 is 11.2. The molecule has 0 nitrogen and oxygen atoms in total. The van der Waals surface area contributed by atoms with Crippen molar-refractivity contribution in [3.05, 3.63) is 35.9 Å². The Morgan fingerprint density at radius 1 is 1.29 bits per heavy atom. The molecule has 0 amide bonds. The summed E-state index contributed by atoms with van der Waals surface area (Å²) in [5.41, 5.74) is 1.11. The van der Waals surface area contributed by atoms with Gasteiger partial charge in [0.1, 0.15) is 0 Å². The van der Waals surface area contributed by atoms with Crippen molar-refractivity contribution in [2.24, 2.45) is 0 Å². The highest BCUT2D eigenvalue weighted by molar-refractivity contribution is 8.71. The molecular weight excluding hydrogens is 248 g/mol. The van der Waals surface area contributed by atoms with Gasteiger partial charge in [-0.2, -0.15) is 0 Å². The van der Waals surface area contributed by atoms with Crippen LogP contribution in [-0.2, 0) is 0 Å². The Labute approximate surface area is 104 Å². The van der Waals surface area contributed by atoms with E-state index in [1.807, 2.05) is 30.3 Å². The minimum atomic E-state index is 0.0238. The second-order valence-electron chi connectivity index (χ2n) is 3.25. The first-order chi connectivity index (χ1) is 6.55. The summed E-state index contributed by atoms with van der Waals surface area (Å²) in [6.45, 7) is 4.23. The molecule has 0 aliphatic heterocycles. The van der Waals surface area contributed by atoms with Crippen LogP contribution in [0.5, 0.6) is 0 Å². The van der Waals surface area contributed by atoms with Crippen LogP contribution in [0.25, 0.3) is 0 Å². The molecule has 0 aromatic heterocycles. The Morgan fingerprint density at radius 2 is 1.86 bits per heavy atom. The van der Waals surface area contributed by atoms with Gasteiger partial charge < -0.3 is 0 Å². The quantitative estimate of drug-likeness (QED) is 0.370. The van der Waals surface area contributed by atoms with Gasteiger partial charge in [-0.1, -0.05) is 65.1 Å². The standard InChI is InChI=1S/C10H12S4/c1-10(2,14-12)13-9(11)8-6-4-3-5-7-8/h3-7,12H,1-2H3. The number of benzene rings is 1. The number of thioether (sulfide) groups is 1. The molecule has 0 radical (unpaired) electrons. The van der Waals surface area contributed by atoms with Crippen molar-refractivity contribution in [3.63, 3.8) is 0 Å². The first-order valence-electron chi connectivity index (χ1n) is 4.16. The third-order valence-electron chi connectivity index (χ3n) is 1.57. The Bertz CT molecular complexity index is 305. The average molecular weight is 260 g/mol. The highest BCUT2D eigenvalue weighted by atomic mass is 33.1. The van der Waals surface area contributed by atoms with E-state index in [1.165, 1.54) is 10.8 Å². The van der Waals surface area contributed by atoms with E-state index in [0.717, 1.165) is 9.76 Å². The van der Waals surface area contributed by atoms with Gasteiger partial charge in [0.15, 0.2) is 0 Å². The van der Waals surface area contributed by atoms with E-state index in [4.69, 9.17) is 12.2 Å². The lowest BCUT2D eigenvalue weighted by molar-refractivity contribution is 1.04. The molecule has 0 heterocycles. The molecule has 4 heteroatoms. The minimum Gasteiger partial charge on any atom is -0.110 e. The zero-order chi connectivity index (χ0) is 10.6. The molecule has 0 fully saturated rings. The van der Waals surface area contributed by atoms with Crippen molar-refractivity contribution in [3.8, 4) is 0 Å². The predicted octanol–water partition coefficient (Wildman–Crippen LogP) is 4.41. The van der Waals surface area contributed by atoms with E-state index in [1.54, 1.807) is 11.8 Å². The number of hydrogen-bond acceptors (Lipinski definition) is 4. The van der Waals surface area contributed by atoms with Crippen LogP contribution in [0.2, 0.25) is 0 Å². The van der Waals surface area contributed by atoms with E-state index in [0.29, 0.717) is 0 Å². The molecule has 0 unspecified atom stereocenters. The summed E-state index contributed by atoms with van der Waals surface area (Å²) in [5.74, 6) is 0. The van der Waals surface area contributed by atoms with Crippen LogP contribution >= 0.6 is 46.4 Å². The molecule has 1 aromatic carbocycles. The van der Waals surface area contributed by atoms with E-state index < -0.39 is 0 Å². The van der Waals surface area contributed by atoms with Crippen LogP contribution in [-0.4, -0.2) is 8.28 Å². The Kier molecular flexibility index (Phi) is 4.83. The van der Waals surface area contributed by atoms with Crippen LogP contribution in [0.4, 0.5) is 0 Å². The highest BCUT2D eigenvalue weighted by Gasteiger charge is 2.20. The molecule has 0 aliphatic carbocycles. The predicted molar refractivity (Wildman–Crippen MR) is 76.4 cm³/mol.